The number of para-hydroxylation sites is 1. The van der Waals surface area contributed by atoms with Gasteiger partial charge >= 0.3 is 5.97 Å². The van der Waals surface area contributed by atoms with Gasteiger partial charge in [-0.25, -0.2) is 0 Å². The topological polar surface area (TPSA) is 72.1 Å². The summed E-state index contributed by atoms with van der Waals surface area (Å²) in [5.74, 6) is 2.01. The molecule has 1 aromatic carbocycles. The number of benzene rings is 1. The molecule has 6 nitrogen and oxygen atoms in total. The molecule has 1 aliphatic rings. The second-order valence-corrected chi connectivity index (χ2v) is 7.25. The van der Waals surface area contributed by atoms with E-state index in [1.807, 2.05) is 43.3 Å². The highest BCUT2D eigenvalue weighted by molar-refractivity contribution is 5.77. The van der Waals surface area contributed by atoms with Gasteiger partial charge in [-0.2, -0.15) is 0 Å². The van der Waals surface area contributed by atoms with Crippen LogP contribution in [0.15, 0.2) is 46.9 Å². The van der Waals surface area contributed by atoms with E-state index in [0.717, 1.165) is 30.9 Å². The maximum Gasteiger partial charge on any atom is 0.313 e. The smallest absolute Gasteiger partial charge is 0.313 e. The fraction of sp³-hybridized carbons (Fsp3) is 0.500. The molecular formula is C22H29NO5. The highest BCUT2D eigenvalue weighted by atomic mass is 16.5. The molecule has 0 aliphatic carbocycles. The molecule has 1 fully saturated rings. The van der Waals surface area contributed by atoms with Crippen LogP contribution in [0.3, 0.4) is 0 Å². The molecule has 1 atom stereocenters. The summed E-state index contributed by atoms with van der Waals surface area (Å²) in [5.41, 5.74) is -0.574. The van der Waals surface area contributed by atoms with Gasteiger partial charge in [-0.15, -0.1) is 0 Å². The first-order chi connectivity index (χ1) is 13.6. The predicted octanol–water partition coefficient (Wildman–Crippen LogP) is 3.39. The van der Waals surface area contributed by atoms with Crippen molar-refractivity contribution in [2.45, 2.75) is 39.3 Å². The number of rotatable bonds is 9. The van der Waals surface area contributed by atoms with Crippen molar-refractivity contribution in [3.8, 4) is 5.75 Å². The van der Waals surface area contributed by atoms with Crippen molar-refractivity contribution in [1.82, 2.24) is 4.90 Å². The summed E-state index contributed by atoms with van der Waals surface area (Å²) in [7, 11) is 0. The van der Waals surface area contributed by atoms with Crippen LogP contribution in [0, 0.1) is 5.41 Å². The first-order valence-corrected chi connectivity index (χ1v) is 9.91. The first-order valence-electron chi connectivity index (χ1n) is 9.91. The summed E-state index contributed by atoms with van der Waals surface area (Å²) < 4.78 is 16.9. The molecule has 0 radical (unpaired) electrons. The minimum atomic E-state index is -0.574. The second-order valence-electron chi connectivity index (χ2n) is 7.25. The number of likely N-dealkylation sites (tertiary alicyclic amines) is 1. The molecule has 1 aliphatic heterocycles. The molecule has 152 valence electrons. The minimum Gasteiger partial charge on any atom is -0.494 e. The van der Waals surface area contributed by atoms with Crippen LogP contribution >= 0.6 is 0 Å². The molecule has 1 unspecified atom stereocenters. The van der Waals surface area contributed by atoms with Crippen LogP contribution in [-0.4, -0.2) is 42.3 Å². The fourth-order valence-corrected chi connectivity index (χ4v) is 3.81. The fourth-order valence-electron chi connectivity index (χ4n) is 3.81. The number of furan rings is 1. The molecule has 6 heteroatoms. The van der Waals surface area contributed by atoms with Crippen molar-refractivity contribution in [2.24, 2.45) is 5.41 Å². The normalized spacial score (nSPS) is 20.1. The standard InChI is InChI=1S/C22H29NO5/c1-2-26-21(25)22(12-14-27-18-7-4-3-5-8-18)11-6-13-23(17-22)15-19-9-10-20(16-24)28-19/h3-5,7-10,24H,2,6,11-17H2,1H3. The van der Waals surface area contributed by atoms with Gasteiger partial charge in [0, 0.05) is 6.54 Å². The molecule has 28 heavy (non-hydrogen) atoms. The highest BCUT2D eigenvalue weighted by Crippen LogP contribution is 2.36. The van der Waals surface area contributed by atoms with E-state index < -0.39 is 5.41 Å². The average molecular weight is 387 g/mol. The van der Waals surface area contributed by atoms with E-state index in [4.69, 9.17) is 13.9 Å². The quantitative estimate of drug-likeness (QED) is 0.665. The second kappa shape index (κ2) is 9.75. The summed E-state index contributed by atoms with van der Waals surface area (Å²) in [4.78, 5) is 15.1. The van der Waals surface area contributed by atoms with Gasteiger partial charge in [-0.1, -0.05) is 18.2 Å². The van der Waals surface area contributed by atoms with Crippen LogP contribution in [0.25, 0.3) is 0 Å². The lowest BCUT2D eigenvalue weighted by Gasteiger charge is -2.40. The SMILES string of the molecule is CCOC(=O)C1(CCOc2ccccc2)CCCN(Cc2ccc(CO)o2)C1. The van der Waals surface area contributed by atoms with Crippen molar-refractivity contribution in [1.29, 1.82) is 0 Å². The molecule has 2 aromatic rings. The number of hydrogen-bond donors (Lipinski definition) is 1. The molecular weight excluding hydrogens is 358 g/mol. The van der Waals surface area contributed by atoms with Gasteiger partial charge in [0.2, 0.25) is 0 Å². The lowest BCUT2D eigenvalue weighted by molar-refractivity contribution is -0.160. The Morgan fingerprint density at radius 2 is 2.00 bits per heavy atom. The van der Waals surface area contributed by atoms with E-state index in [-0.39, 0.29) is 12.6 Å². The first kappa shape index (κ1) is 20.4. The zero-order valence-corrected chi connectivity index (χ0v) is 16.4. The Bertz CT molecular complexity index is 744. The third-order valence-electron chi connectivity index (χ3n) is 5.21. The number of aliphatic hydroxyl groups is 1. The third-order valence-corrected chi connectivity index (χ3v) is 5.21. The molecule has 0 bridgehead atoms. The van der Waals surface area contributed by atoms with Crippen molar-refractivity contribution in [3.63, 3.8) is 0 Å². The molecule has 3 rings (SSSR count). The molecule has 1 aromatic heterocycles. The number of carbonyl (C=O) groups excluding carboxylic acids is 1. The number of ether oxygens (including phenoxy) is 2. The van der Waals surface area contributed by atoms with Crippen molar-refractivity contribution in [3.05, 3.63) is 54.0 Å². The number of aliphatic hydroxyl groups excluding tert-OH is 1. The molecule has 2 heterocycles. The van der Waals surface area contributed by atoms with E-state index in [2.05, 4.69) is 4.90 Å². The van der Waals surface area contributed by atoms with Crippen LogP contribution < -0.4 is 4.74 Å². The van der Waals surface area contributed by atoms with E-state index in [9.17, 15) is 9.90 Å². The van der Waals surface area contributed by atoms with Crippen LogP contribution in [0.1, 0.15) is 37.7 Å². The van der Waals surface area contributed by atoms with Gasteiger partial charge in [0.25, 0.3) is 0 Å². The van der Waals surface area contributed by atoms with Crippen molar-refractivity contribution in [2.75, 3.05) is 26.3 Å². The lowest BCUT2D eigenvalue weighted by Crippen LogP contribution is -2.49. The van der Waals surface area contributed by atoms with E-state index in [0.29, 0.717) is 38.5 Å². The highest BCUT2D eigenvalue weighted by Gasteiger charge is 2.43. The lowest BCUT2D eigenvalue weighted by atomic mass is 9.77. The van der Waals surface area contributed by atoms with E-state index in [1.165, 1.54) is 0 Å². The Labute approximate surface area is 166 Å². The van der Waals surface area contributed by atoms with E-state index in [1.54, 1.807) is 6.07 Å². The number of piperidine rings is 1. The molecule has 1 N–H and O–H groups in total. The van der Waals surface area contributed by atoms with Crippen LogP contribution in [-0.2, 0) is 22.7 Å². The Balaban J connectivity index is 1.66. The predicted molar refractivity (Wildman–Crippen MR) is 105 cm³/mol. The molecule has 1 saturated heterocycles. The van der Waals surface area contributed by atoms with Gasteiger partial charge in [0.05, 0.1) is 25.2 Å². The molecule has 0 saturated carbocycles. The summed E-state index contributed by atoms with van der Waals surface area (Å²) in [6.07, 6.45) is 2.31. The van der Waals surface area contributed by atoms with Gasteiger partial charge in [-0.3, -0.25) is 9.69 Å². The largest absolute Gasteiger partial charge is 0.494 e. The third kappa shape index (κ3) is 5.14. The number of nitrogens with zero attached hydrogens (tertiary/aromatic N) is 1. The number of carbonyl (C=O) groups is 1. The Morgan fingerprint density at radius 1 is 1.21 bits per heavy atom. The van der Waals surface area contributed by atoms with Gasteiger partial charge in [-0.05, 0) is 57.0 Å². The molecule has 0 spiro atoms. The zero-order chi connectivity index (χ0) is 19.8. The van der Waals surface area contributed by atoms with Crippen LogP contribution in [0.5, 0.6) is 5.75 Å². The minimum absolute atomic E-state index is 0.108. The van der Waals surface area contributed by atoms with Crippen molar-refractivity contribution < 1.29 is 23.8 Å². The summed E-state index contributed by atoms with van der Waals surface area (Å²) in [5, 5.41) is 9.18. The van der Waals surface area contributed by atoms with Crippen molar-refractivity contribution >= 4 is 5.97 Å². The van der Waals surface area contributed by atoms with Gasteiger partial charge < -0.3 is 19.0 Å². The van der Waals surface area contributed by atoms with Gasteiger partial charge in [0.15, 0.2) is 0 Å². The Morgan fingerprint density at radius 3 is 2.71 bits per heavy atom. The van der Waals surface area contributed by atoms with Crippen LogP contribution in [0.4, 0.5) is 0 Å². The summed E-state index contributed by atoms with van der Waals surface area (Å²) >= 11 is 0. The van der Waals surface area contributed by atoms with Crippen LogP contribution in [0.2, 0.25) is 0 Å². The monoisotopic (exact) mass is 387 g/mol. The zero-order valence-electron chi connectivity index (χ0n) is 16.4. The summed E-state index contributed by atoms with van der Waals surface area (Å²) in [6.45, 7) is 4.69. The summed E-state index contributed by atoms with van der Waals surface area (Å²) in [6, 6.07) is 13.3. The maximum atomic E-state index is 12.8. The number of hydrogen-bond acceptors (Lipinski definition) is 6. The van der Waals surface area contributed by atoms with E-state index >= 15 is 0 Å². The van der Waals surface area contributed by atoms with Gasteiger partial charge in [0.1, 0.15) is 23.9 Å². The maximum absolute atomic E-state index is 12.8. The number of esters is 1. The Hall–Kier alpha value is -2.31. The average Bonchev–Trinajstić information content (AvgIpc) is 3.17. The molecule has 0 amide bonds. The Kier molecular flexibility index (Phi) is 7.12.